The predicted octanol–water partition coefficient (Wildman–Crippen LogP) is 1.28. The van der Waals surface area contributed by atoms with E-state index in [1.165, 1.54) is 6.20 Å². The van der Waals surface area contributed by atoms with Gasteiger partial charge in [0.2, 0.25) is 5.91 Å². The predicted molar refractivity (Wildman–Crippen MR) is 90.5 cm³/mol. The molecule has 2 aromatic rings. The summed E-state index contributed by atoms with van der Waals surface area (Å²) in [7, 11) is 1.62. The molecular formula is C16H17ClN4O3. The van der Waals surface area contributed by atoms with Crippen LogP contribution < -0.4 is 15.2 Å². The van der Waals surface area contributed by atoms with Gasteiger partial charge in [-0.2, -0.15) is 5.10 Å². The van der Waals surface area contributed by atoms with Gasteiger partial charge in [-0.05, 0) is 17.7 Å². The van der Waals surface area contributed by atoms with Crippen molar-refractivity contribution in [2.75, 3.05) is 31.6 Å². The molecule has 0 spiro atoms. The monoisotopic (exact) mass is 348 g/mol. The molecular weight excluding hydrogens is 332 g/mol. The number of amides is 1. The van der Waals surface area contributed by atoms with Crippen LogP contribution in [0.15, 0.2) is 35.3 Å². The maximum absolute atomic E-state index is 12.4. The fourth-order valence-corrected chi connectivity index (χ4v) is 2.84. The standard InChI is InChI=1S/C16H17ClN4O3/c1-24-12-4-2-11(3-5-12)9-21-7-6-20(10-14(21)22)13-8-18-19-16(23)15(13)17/h2-5,8H,6-7,9-10H2,1H3,(H,19,23). The normalized spacial score (nSPS) is 14.8. The summed E-state index contributed by atoms with van der Waals surface area (Å²) in [5.74, 6) is 0.764. The largest absolute Gasteiger partial charge is 0.497 e. The van der Waals surface area contributed by atoms with Gasteiger partial charge in [0.05, 0.1) is 25.5 Å². The Morgan fingerprint density at radius 3 is 2.67 bits per heavy atom. The van der Waals surface area contributed by atoms with Crippen LogP contribution in [0, 0.1) is 0 Å². The van der Waals surface area contributed by atoms with Gasteiger partial charge >= 0.3 is 0 Å². The average molecular weight is 349 g/mol. The van der Waals surface area contributed by atoms with Crippen molar-refractivity contribution in [2.24, 2.45) is 0 Å². The van der Waals surface area contributed by atoms with Crippen molar-refractivity contribution in [1.82, 2.24) is 15.1 Å². The first-order valence-electron chi connectivity index (χ1n) is 7.47. The SMILES string of the molecule is COc1ccc(CN2CCN(c3cn[nH]c(=O)c3Cl)CC2=O)cc1. The van der Waals surface area contributed by atoms with Gasteiger partial charge in [-0.15, -0.1) is 0 Å². The molecule has 7 nitrogen and oxygen atoms in total. The highest BCUT2D eigenvalue weighted by Gasteiger charge is 2.26. The molecule has 126 valence electrons. The van der Waals surface area contributed by atoms with Crippen LogP contribution in [0.25, 0.3) is 0 Å². The summed E-state index contributed by atoms with van der Waals surface area (Å²) < 4.78 is 5.13. The van der Waals surface area contributed by atoms with Gasteiger partial charge < -0.3 is 14.5 Å². The van der Waals surface area contributed by atoms with E-state index in [0.29, 0.717) is 25.3 Å². The van der Waals surface area contributed by atoms with E-state index in [2.05, 4.69) is 10.2 Å². The summed E-state index contributed by atoms with van der Waals surface area (Å²) in [6.45, 7) is 1.85. The zero-order valence-electron chi connectivity index (χ0n) is 13.2. The van der Waals surface area contributed by atoms with Crippen molar-refractivity contribution in [2.45, 2.75) is 6.54 Å². The van der Waals surface area contributed by atoms with Crippen molar-refractivity contribution in [3.63, 3.8) is 0 Å². The molecule has 0 bridgehead atoms. The maximum Gasteiger partial charge on any atom is 0.285 e. The minimum Gasteiger partial charge on any atom is -0.497 e. The first-order chi connectivity index (χ1) is 11.6. The number of halogens is 1. The smallest absolute Gasteiger partial charge is 0.285 e. The van der Waals surface area contributed by atoms with Crippen molar-refractivity contribution in [3.8, 4) is 5.75 Å². The number of hydrogen-bond donors (Lipinski definition) is 1. The molecule has 1 aromatic carbocycles. The first kappa shape index (κ1) is 16.3. The second-order valence-electron chi connectivity index (χ2n) is 5.48. The lowest BCUT2D eigenvalue weighted by atomic mass is 10.2. The van der Waals surface area contributed by atoms with E-state index in [0.717, 1.165) is 11.3 Å². The fourth-order valence-electron chi connectivity index (χ4n) is 2.63. The van der Waals surface area contributed by atoms with Crippen LogP contribution in [0.4, 0.5) is 5.69 Å². The summed E-state index contributed by atoms with van der Waals surface area (Å²) in [5.41, 5.74) is 1.06. The van der Waals surface area contributed by atoms with E-state index in [1.54, 1.807) is 16.9 Å². The highest BCUT2D eigenvalue weighted by atomic mass is 35.5. The number of benzene rings is 1. The number of ether oxygens (including phenoxy) is 1. The van der Waals surface area contributed by atoms with Gasteiger partial charge in [0.15, 0.2) is 0 Å². The van der Waals surface area contributed by atoms with Crippen LogP contribution in [0.3, 0.4) is 0 Å². The van der Waals surface area contributed by atoms with Crippen LogP contribution in [0.5, 0.6) is 5.75 Å². The molecule has 0 saturated carbocycles. The molecule has 0 radical (unpaired) electrons. The van der Waals surface area contributed by atoms with E-state index >= 15 is 0 Å². The lowest BCUT2D eigenvalue weighted by Gasteiger charge is -2.35. The number of carbonyl (C=O) groups is 1. The van der Waals surface area contributed by atoms with Crippen molar-refractivity contribution < 1.29 is 9.53 Å². The molecule has 0 unspecified atom stereocenters. The Balaban J connectivity index is 1.67. The topological polar surface area (TPSA) is 78.5 Å². The Labute approximate surface area is 143 Å². The van der Waals surface area contributed by atoms with E-state index in [-0.39, 0.29) is 17.5 Å². The van der Waals surface area contributed by atoms with E-state index in [1.807, 2.05) is 24.3 Å². The van der Waals surface area contributed by atoms with Gasteiger partial charge in [-0.25, -0.2) is 5.10 Å². The second-order valence-corrected chi connectivity index (χ2v) is 5.86. The van der Waals surface area contributed by atoms with Crippen molar-refractivity contribution in [1.29, 1.82) is 0 Å². The van der Waals surface area contributed by atoms with E-state index in [4.69, 9.17) is 16.3 Å². The number of aromatic nitrogens is 2. The number of anilines is 1. The minimum absolute atomic E-state index is 0.0200. The quantitative estimate of drug-likeness (QED) is 0.900. The van der Waals surface area contributed by atoms with Crippen LogP contribution in [0.2, 0.25) is 5.02 Å². The molecule has 0 atom stereocenters. The minimum atomic E-state index is -0.456. The van der Waals surface area contributed by atoms with Crippen LogP contribution in [0.1, 0.15) is 5.56 Å². The summed E-state index contributed by atoms with van der Waals surface area (Å²) >= 11 is 6.01. The molecule has 1 N–H and O–H groups in total. The molecule has 1 amide bonds. The molecule has 24 heavy (non-hydrogen) atoms. The third-order valence-corrected chi connectivity index (χ3v) is 4.33. The molecule has 8 heteroatoms. The van der Waals surface area contributed by atoms with Gasteiger partial charge in [0, 0.05) is 19.6 Å². The molecule has 0 aliphatic carbocycles. The van der Waals surface area contributed by atoms with E-state index in [9.17, 15) is 9.59 Å². The molecule has 2 heterocycles. The van der Waals surface area contributed by atoms with E-state index < -0.39 is 5.56 Å². The molecule has 1 aliphatic rings. The lowest BCUT2D eigenvalue weighted by molar-refractivity contribution is -0.131. The van der Waals surface area contributed by atoms with Crippen LogP contribution in [-0.2, 0) is 11.3 Å². The Bertz CT molecular complexity index is 791. The van der Waals surface area contributed by atoms with Crippen LogP contribution >= 0.6 is 11.6 Å². The lowest BCUT2D eigenvalue weighted by Crippen LogP contribution is -2.50. The molecule has 1 aliphatic heterocycles. The third kappa shape index (κ3) is 3.35. The van der Waals surface area contributed by atoms with Crippen LogP contribution in [-0.4, -0.2) is 47.7 Å². The highest BCUT2D eigenvalue weighted by Crippen LogP contribution is 2.23. The Hall–Kier alpha value is -2.54. The number of carbonyl (C=O) groups excluding carboxylic acids is 1. The molecule has 3 rings (SSSR count). The Morgan fingerprint density at radius 1 is 1.25 bits per heavy atom. The number of piperazine rings is 1. The van der Waals surface area contributed by atoms with Crippen molar-refractivity contribution >= 4 is 23.2 Å². The number of nitrogens with zero attached hydrogens (tertiary/aromatic N) is 3. The molecule has 1 aromatic heterocycles. The summed E-state index contributed by atoms with van der Waals surface area (Å²) in [6.07, 6.45) is 1.47. The third-order valence-electron chi connectivity index (χ3n) is 3.97. The number of nitrogens with one attached hydrogen (secondary N) is 1. The first-order valence-corrected chi connectivity index (χ1v) is 7.85. The van der Waals surface area contributed by atoms with Gasteiger partial charge in [-0.1, -0.05) is 23.7 Å². The zero-order valence-corrected chi connectivity index (χ0v) is 13.9. The van der Waals surface area contributed by atoms with Gasteiger partial charge in [0.1, 0.15) is 10.8 Å². The second kappa shape index (κ2) is 6.92. The van der Waals surface area contributed by atoms with Gasteiger partial charge in [-0.3, -0.25) is 9.59 Å². The number of H-pyrrole nitrogens is 1. The number of aromatic amines is 1. The fraction of sp³-hybridized carbons (Fsp3) is 0.312. The highest BCUT2D eigenvalue weighted by molar-refractivity contribution is 6.33. The van der Waals surface area contributed by atoms with Gasteiger partial charge in [0.25, 0.3) is 5.56 Å². The zero-order chi connectivity index (χ0) is 17.1. The number of rotatable bonds is 4. The molecule has 1 fully saturated rings. The number of methoxy groups -OCH3 is 1. The molecule has 1 saturated heterocycles. The summed E-state index contributed by atoms with van der Waals surface area (Å²) in [5, 5.41) is 6.08. The average Bonchev–Trinajstić information content (AvgIpc) is 2.60. The summed E-state index contributed by atoms with van der Waals surface area (Å²) in [4.78, 5) is 27.5. The van der Waals surface area contributed by atoms with Crippen molar-refractivity contribution in [3.05, 3.63) is 51.4 Å². The maximum atomic E-state index is 12.4. The summed E-state index contributed by atoms with van der Waals surface area (Å²) in [6, 6.07) is 7.63. The number of hydrogen-bond acceptors (Lipinski definition) is 5. The Kier molecular flexibility index (Phi) is 4.71. The Morgan fingerprint density at radius 2 is 2.00 bits per heavy atom.